The van der Waals surface area contributed by atoms with E-state index < -0.39 is 0 Å². The number of ether oxygens (including phenoxy) is 2. The number of aryl methyl sites for hydroxylation is 2. The zero-order valence-electron chi connectivity index (χ0n) is 16.0. The van der Waals surface area contributed by atoms with Gasteiger partial charge in [0.15, 0.2) is 0 Å². The van der Waals surface area contributed by atoms with Crippen LogP contribution in [0.3, 0.4) is 0 Å². The van der Waals surface area contributed by atoms with E-state index in [1.807, 2.05) is 24.3 Å². The fourth-order valence-electron chi connectivity index (χ4n) is 3.56. The molecule has 0 saturated heterocycles. The summed E-state index contributed by atoms with van der Waals surface area (Å²) in [7, 11) is 4.92. The Hall–Kier alpha value is -3.42. The van der Waals surface area contributed by atoms with Crippen LogP contribution in [0.15, 0.2) is 41.2 Å². The van der Waals surface area contributed by atoms with Crippen LogP contribution in [0.25, 0.3) is 11.0 Å². The zero-order valence-corrected chi connectivity index (χ0v) is 16.0. The van der Waals surface area contributed by atoms with E-state index in [0.717, 1.165) is 16.8 Å². The lowest BCUT2D eigenvalue weighted by Crippen LogP contribution is -2.44. The van der Waals surface area contributed by atoms with Gasteiger partial charge in [-0.3, -0.25) is 9.13 Å². The molecule has 8 nitrogen and oxygen atoms in total. The topological polar surface area (TPSA) is 86.5 Å². The maximum absolute atomic E-state index is 12.5. The van der Waals surface area contributed by atoms with E-state index in [0.29, 0.717) is 30.0 Å². The number of hydrogen-bond acceptors (Lipinski definition) is 4. The molecule has 1 aromatic heterocycles. The standard InChI is InChI=1S/C20H22N4O4/c1-23-15-9-14(18(27-3)10-16(15)24(2)20(23)26)22-19(25)21-13-8-12-6-4-5-7-17(12)28-11-13/h4-7,9-10,13H,8,11H2,1-3H3,(H2,21,22,25)/t13-/m1/s1. The van der Waals surface area contributed by atoms with Crippen LogP contribution in [-0.2, 0) is 20.5 Å². The summed E-state index contributed by atoms with van der Waals surface area (Å²) in [5, 5.41) is 5.76. The summed E-state index contributed by atoms with van der Waals surface area (Å²) in [6, 6.07) is 10.8. The number of methoxy groups -OCH3 is 1. The van der Waals surface area contributed by atoms with E-state index in [4.69, 9.17) is 9.47 Å². The number of carbonyl (C=O) groups excluding carboxylic acids is 1. The molecule has 0 fully saturated rings. The van der Waals surface area contributed by atoms with Gasteiger partial charge in [0.05, 0.1) is 29.9 Å². The van der Waals surface area contributed by atoms with Gasteiger partial charge in [0.25, 0.3) is 0 Å². The number of nitrogens with one attached hydrogen (secondary N) is 2. The molecule has 3 aromatic rings. The fraction of sp³-hybridized carbons (Fsp3) is 0.300. The smallest absolute Gasteiger partial charge is 0.328 e. The van der Waals surface area contributed by atoms with Gasteiger partial charge in [-0.1, -0.05) is 18.2 Å². The summed E-state index contributed by atoms with van der Waals surface area (Å²) < 4.78 is 14.2. The third-order valence-electron chi connectivity index (χ3n) is 5.06. The molecule has 0 aliphatic carbocycles. The van der Waals surface area contributed by atoms with Gasteiger partial charge >= 0.3 is 11.7 Å². The number of para-hydroxylation sites is 1. The Morgan fingerprint density at radius 1 is 1.18 bits per heavy atom. The third kappa shape index (κ3) is 3.06. The van der Waals surface area contributed by atoms with Crippen molar-refractivity contribution in [1.29, 1.82) is 0 Å². The van der Waals surface area contributed by atoms with E-state index >= 15 is 0 Å². The second-order valence-electron chi connectivity index (χ2n) is 6.86. The van der Waals surface area contributed by atoms with E-state index in [-0.39, 0.29) is 17.8 Å². The lowest BCUT2D eigenvalue weighted by Gasteiger charge is -2.26. The summed E-state index contributed by atoms with van der Waals surface area (Å²) >= 11 is 0. The Balaban J connectivity index is 1.54. The highest BCUT2D eigenvalue weighted by Crippen LogP contribution is 2.30. The third-order valence-corrected chi connectivity index (χ3v) is 5.06. The number of benzene rings is 2. The molecule has 146 valence electrons. The number of amides is 2. The number of imidazole rings is 1. The van der Waals surface area contributed by atoms with E-state index in [1.165, 1.54) is 11.7 Å². The minimum atomic E-state index is -0.355. The first-order chi connectivity index (χ1) is 13.5. The van der Waals surface area contributed by atoms with Crippen LogP contribution in [0.4, 0.5) is 10.5 Å². The van der Waals surface area contributed by atoms with Crippen LogP contribution < -0.4 is 25.8 Å². The van der Waals surface area contributed by atoms with Crippen LogP contribution in [-0.4, -0.2) is 34.9 Å². The van der Waals surface area contributed by atoms with Crippen molar-refractivity contribution in [1.82, 2.24) is 14.5 Å². The molecular formula is C20H22N4O4. The Morgan fingerprint density at radius 2 is 1.89 bits per heavy atom. The number of carbonyl (C=O) groups is 1. The predicted octanol–water partition coefficient (Wildman–Crippen LogP) is 2.01. The highest BCUT2D eigenvalue weighted by molar-refractivity contribution is 5.95. The molecule has 0 radical (unpaired) electrons. The number of rotatable bonds is 3. The average Bonchev–Trinajstić information content (AvgIpc) is 2.91. The maximum atomic E-state index is 12.5. The predicted molar refractivity (Wildman–Crippen MR) is 106 cm³/mol. The molecule has 2 heterocycles. The molecule has 28 heavy (non-hydrogen) atoms. The van der Waals surface area contributed by atoms with E-state index in [1.54, 1.807) is 30.8 Å². The zero-order chi connectivity index (χ0) is 19.8. The van der Waals surface area contributed by atoms with Crippen molar-refractivity contribution < 1.29 is 14.3 Å². The minimum Gasteiger partial charge on any atom is -0.494 e. The van der Waals surface area contributed by atoms with Gasteiger partial charge in [-0.2, -0.15) is 0 Å². The first-order valence-electron chi connectivity index (χ1n) is 8.99. The Morgan fingerprint density at radius 3 is 2.64 bits per heavy atom. The fourth-order valence-corrected chi connectivity index (χ4v) is 3.56. The molecule has 4 rings (SSSR count). The number of aromatic nitrogens is 2. The quantitative estimate of drug-likeness (QED) is 0.726. The number of urea groups is 1. The van der Waals surface area contributed by atoms with Gasteiger partial charge in [-0.25, -0.2) is 9.59 Å². The molecule has 0 unspecified atom stereocenters. The van der Waals surface area contributed by atoms with E-state index in [9.17, 15) is 9.59 Å². The van der Waals surface area contributed by atoms with E-state index in [2.05, 4.69) is 10.6 Å². The Bertz CT molecular complexity index is 1120. The van der Waals surface area contributed by atoms with Gasteiger partial charge in [0.1, 0.15) is 18.1 Å². The first kappa shape index (κ1) is 18.0. The van der Waals surface area contributed by atoms with Crippen LogP contribution >= 0.6 is 0 Å². The number of anilines is 1. The lowest BCUT2D eigenvalue weighted by atomic mass is 10.0. The molecule has 0 bridgehead atoms. The van der Waals surface area contributed by atoms with Crippen molar-refractivity contribution >= 4 is 22.8 Å². The second-order valence-corrected chi connectivity index (χ2v) is 6.86. The van der Waals surface area contributed by atoms with Gasteiger partial charge in [0.2, 0.25) is 0 Å². The van der Waals surface area contributed by atoms with Crippen molar-refractivity contribution in [2.24, 2.45) is 14.1 Å². The SMILES string of the molecule is COc1cc2c(cc1NC(=O)N[C@H]1COc3ccccc3C1)n(C)c(=O)n2C. The summed E-state index contributed by atoms with van der Waals surface area (Å²) in [5.41, 5.74) is 2.85. The normalized spacial score (nSPS) is 15.6. The highest BCUT2D eigenvalue weighted by atomic mass is 16.5. The second kappa shape index (κ2) is 6.95. The molecule has 2 N–H and O–H groups in total. The average molecular weight is 382 g/mol. The van der Waals surface area contributed by atoms with Crippen molar-refractivity contribution in [3.05, 3.63) is 52.4 Å². The van der Waals surface area contributed by atoms with Crippen LogP contribution in [0.2, 0.25) is 0 Å². The number of nitrogens with zero attached hydrogens (tertiary/aromatic N) is 2. The van der Waals surface area contributed by atoms with Crippen molar-refractivity contribution in [2.75, 3.05) is 19.0 Å². The van der Waals surface area contributed by atoms with Gasteiger partial charge in [-0.05, 0) is 24.1 Å². The Kier molecular flexibility index (Phi) is 4.46. The maximum Gasteiger partial charge on any atom is 0.328 e. The van der Waals surface area contributed by atoms with Crippen molar-refractivity contribution in [3.8, 4) is 11.5 Å². The van der Waals surface area contributed by atoms with Gasteiger partial charge < -0.3 is 20.1 Å². The molecule has 0 saturated carbocycles. The molecule has 2 aromatic carbocycles. The first-order valence-corrected chi connectivity index (χ1v) is 8.99. The summed E-state index contributed by atoms with van der Waals surface area (Å²) in [5.74, 6) is 1.34. The van der Waals surface area contributed by atoms with Gasteiger partial charge in [-0.15, -0.1) is 0 Å². The molecular weight excluding hydrogens is 360 g/mol. The summed E-state index contributed by atoms with van der Waals surface area (Å²) in [4.78, 5) is 24.7. The molecule has 1 aliphatic rings. The van der Waals surface area contributed by atoms with Gasteiger partial charge in [0, 0.05) is 20.2 Å². The summed E-state index contributed by atoms with van der Waals surface area (Å²) in [6.07, 6.45) is 0.701. The largest absolute Gasteiger partial charge is 0.494 e. The summed E-state index contributed by atoms with van der Waals surface area (Å²) in [6.45, 7) is 0.411. The van der Waals surface area contributed by atoms with Crippen molar-refractivity contribution in [2.45, 2.75) is 12.5 Å². The molecule has 2 amide bonds. The number of fused-ring (bicyclic) bond motifs is 2. The minimum absolute atomic E-state index is 0.134. The van der Waals surface area contributed by atoms with Crippen LogP contribution in [0.5, 0.6) is 11.5 Å². The molecule has 1 aliphatic heterocycles. The molecule has 1 atom stereocenters. The highest BCUT2D eigenvalue weighted by Gasteiger charge is 2.22. The van der Waals surface area contributed by atoms with Crippen LogP contribution in [0.1, 0.15) is 5.56 Å². The Labute approximate surface area is 161 Å². The van der Waals surface area contributed by atoms with Crippen LogP contribution in [0, 0.1) is 0 Å². The molecule has 0 spiro atoms. The number of hydrogen-bond donors (Lipinski definition) is 2. The lowest BCUT2D eigenvalue weighted by molar-refractivity contribution is 0.222. The molecule has 8 heteroatoms. The monoisotopic (exact) mass is 382 g/mol. The van der Waals surface area contributed by atoms with Crippen molar-refractivity contribution in [3.63, 3.8) is 0 Å².